The summed E-state index contributed by atoms with van der Waals surface area (Å²) in [5, 5.41) is 0. The van der Waals surface area contributed by atoms with Crippen LogP contribution in [0.5, 0.6) is 0 Å². The van der Waals surface area contributed by atoms with E-state index < -0.39 is 26.5 Å². The Bertz CT molecular complexity index is 1640. The number of phosphoric acid groups is 1. The van der Waals surface area contributed by atoms with Crippen LogP contribution in [0.25, 0.3) is 0 Å². The fourth-order valence-corrected chi connectivity index (χ4v) is 11.7. The minimum absolute atomic E-state index is 0.0540. The fraction of sp³-hybridized carbons (Fsp3) is 0.816. The number of allylic oxidation sites excluding steroid dienone is 12. The highest BCUT2D eigenvalue weighted by molar-refractivity contribution is 7.47. The Morgan fingerprint density at radius 2 is 0.640 bits per heavy atom. The normalized spacial score (nSPS) is 13.3. The number of carbonyl (C=O) groups is 2. The Morgan fingerprint density at radius 1 is 0.360 bits per heavy atom. The van der Waals surface area contributed by atoms with Crippen molar-refractivity contribution < 1.29 is 37.6 Å². The van der Waals surface area contributed by atoms with E-state index in [1.165, 1.54) is 257 Å². The van der Waals surface area contributed by atoms with Gasteiger partial charge in [-0.2, -0.15) is 0 Å². The standard InChI is InChI=1S/C76H140NO8P/c1-3-5-7-9-11-13-15-17-19-21-23-25-27-29-31-33-35-36-37-38-39-41-43-45-47-49-51-53-55-57-59-61-63-65-67-69-76(79)85-74(73-84-86(80,81)83-71-70-77)72-82-75(78)68-66-64-62-60-58-56-54-52-50-48-46-44-42-40-34-32-30-28-26-24-22-20-18-16-14-12-10-8-6-4-2/h5,7,11,13,17,19,23,25,29,31,35-36,74H,3-4,6,8-10,12,14-16,18,20-22,24,26-28,30,32-34,37-73,77H2,1-2H3,(H,80,81)/b7-5-,13-11-,19-17-,25-23-,31-29-,36-35-. The second kappa shape index (κ2) is 71.5. The van der Waals surface area contributed by atoms with Crippen molar-refractivity contribution in [3.8, 4) is 0 Å². The maximum Gasteiger partial charge on any atom is 0.472 e. The highest BCUT2D eigenvalue weighted by atomic mass is 31.2. The number of rotatable bonds is 70. The molecule has 0 aromatic carbocycles. The lowest BCUT2D eigenvalue weighted by Gasteiger charge is -2.19. The van der Waals surface area contributed by atoms with Gasteiger partial charge in [0.2, 0.25) is 0 Å². The maximum atomic E-state index is 12.8. The van der Waals surface area contributed by atoms with Crippen LogP contribution in [0.1, 0.15) is 367 Å². The molecule has 0 aromatic rings. The van der Waals surface area contributed by atoms with Gasteiger partial charge in [-0.3, -0.25) is 18.6 Å². The summed E-state index contributed by atoms with van der Waals surface area (Å²) in [6, 6.07) is 0. The van der Waals surface area contributed by atoms with Gasteiger partial charge in [-0.15, -0.1) is 0 Å². The summed E-state index contributed by atoms with van der Waals surface area (Å²) in [4.78, 5) is 35.4. The van der Waals surface area contributed by atoms with Crippen LogP contribution in [0, 0.1) is 0 Å². The Morgan fingerprint density at radius 3 is 0.953 bits per heavy atom. The van der Waals surface area contributed by atoms with E-state index in [-0.39, 0.29) is 38.6 Å². The second-order valence-electron chi connectivity index (χ2n) is 24.8. The monoisotopic (exact) mass is 1230 g/mol. The van der Waals surface area contributed by atoms with Crippen molar-refractivity contribution in [2.75, 3.05) is 26.4 Å². The smallest absolute Gasteiger partial charge is 0.462 e. The van der Waals surface area contributed by atoms with Crippen molar-refractivity contribution in [3.05, 3.63) is 72.9 Å². The minimum Gasteiger partial charge on any atom is -0.462 e. The molecule has 0 spiro atoms. The van der Waals surface area contributed by atoms with E-state index in [0.717, 1.165) is 77.0 Å². The summed E-state index contributed by atoms with van der Waals surface area (Å²) >= 11 is 0. The first-order valence-corrected chi connectivity index (χ1v) is 38.4. The van der Waals surface area contributed by atoms with Crippen LogP contribution in [0.3, 0.4) is 0 Å². The quantitative estimate of drug-likeness (QED) is 0.0264. The number of nitrogens with two attached hydrogens (primary N) is 1. The first-order valence-electron chi connectivity index (χ1n) is 36.9. The Hall–Kier alpha value is -2.55. The van der Waals surface area contributed by atoms with Crippen molar-refractivity contribution in [1.82, 2.24) is 0 Å². The largest absolute Gasteiger partial charge is 0.472 e. The van der Waals surface area contributed by atoms with Crippen molar-refractivity contribution in [2.24, 2.45) is 5.73 Å². The van der Waals surface area contributed by atoms with Crippen molar-refractivity contribution in [1.29, 1.82) is 0 Å². The van der Waals surface area contributed by atoms with Crippen LogP contribution in [0.4, 0.5) is 0 Å². The summed E-state index contributed by atoms with van der Waals surface area (Å²) < 4.78 is 33.2. The molecule has 86 heavy (non-hydrogen) atoms. The van der Waals surface area contributed by atoms with E-state index in [1.54, 1.807) is 0 Å². The number of phosphoric ester groups is 1. The van der Waals surface area contributed by atoms with Crippen LogP contribution < -0.4 is 5.73 Å². The molecule has 0 heterocycles. The SMILES string of the molecule is CC/C=C\C/C=C\C/C=C\C/C=C\C/C=C\C/C=C\CCCCCCCCCCCCCCCCCCC(=O)OC(COC(=O)CCCCCCCCCCCCCCCCCCCCCCCCCCCCCCCC)COP(=O)(O)OCCN. The van der Waals surface area contributed by atoms with Gasteiger partial charge in [-0.1, -0.05) is 363 Å². The highest BCUT2D eigenvalue weighted by Crippen LogP contribution is 2.43. The third-order valence-electron chi connectivity index (χ3n) is 16.4. The lowest BCUT2D eigenvalue weighted by Crippen LogP contribution is -2.29. The van der Waals surface area contributed by atoms with Gasteiger partial charge >= 0.3 is 19.8 Å². The average molecular weight is 1230 g/mol. The molecule has 0 rings (SSSR count). The molecule has 3 N–H and O–H groups in total. The number of carbonyl (C=O) groups excluding carboxylic acids is 2. The molecule has 0 aromatic heterocycles. The zero-order chi connectivity index (χ0) is 62.3. The Labute approximate surface area is 532 Å². The summed E-state index contributed by atoms with van der Waals surface area (Å²) in [5.74, 6) is -0.809. The number of esters is 2. The molecule has 502 valence electrons. The van der Waals surface area contributed by atoms with Gasteiger partial charge in [-0.25, -0.2) is 4.57 Å². The lowest BCUT2D eigenvalue weighted by molar-refractivity contribution is -0.161. The van der Waals surface area contributed by atoms with E-state index >= 15 is 0 Å². The van der Waals surface area contributed by atoms with E-state index in [2.05, 4.69) is 86.8 Å². The molecule has 10 heteroatoms. The van der Waals surface area contributed by atoms with E-state index in [1.807, 2.05) is 0 Å². The average Bonchev–Trinajstić information content (AvgIpc) is 3.59. The van der Waals surface area contributed by atoms with Gasteiger partial charge in [0.05, 0.1) is 13.2 Å². The van der Waals surface area contributed by atoms with Crippen molar-refractivity contribution >= 4 is 19.8 Å². The maximum absolute atomic E-state index is 12.8. The van der Waals surface area contributed by atoms with E-state index in [9.17, 15) is 19.0 Å². The minimum atomic E-state index is -4.39. The summed E-state index contributed by atoms with van der Waals surface area (Å²) in [5.41, 5.74) is 5.41. The van der Waals surface area contributed by atoms with Gasteiger partial charge in [0, 0.05) is 19.4 Å². The predicted molar refractivity (Wildman–Crippen MR) is 372 cm³/mol. The zero-order valence-corrected chi connectivity index (χ0v) is 57.4. The van der Waals surface area contributed by atoms with Gasteiger partial charge < -0.3 is 20.1 Å². The predicted octanol–water partition coefficient (Wildman–Crippen LogP) is 24.4. The zero-order valence-electron chi connectivity index (χ0n) is 56.6. The van der Waals surface area contributed by atoms with Crippen LogP contribution in [-0.4, -0.2) is 49.3 Å². The fourth-order valence-electron chi connectivity index (χ4n) is 10.9. The first-order chi connectivity index (χ1) is 42.3. The second-order valence-corrected chi connectivity index (χ2v) is 26.2. The van der Waals surface area contributed by atoms with E-state index in [4.69, 9.17) is 24.3 Å². The number of hydrogen-bond donors (Lipinski definition) is 2. The molecular weight excluding hydrogens is 1090 g/mol. The molecule has 0 aliphatic rings. The number of hydrogen-bond acceptors (Lipinski definition) is 8. The summed E-state index contributed by atoms with van der Waals surface area (Å²) in [7, 11) is -4.39. The molecule has 0 aliphatic carbocycles. The van der Waals surface area contributed by atoms with Gasteiger partial charge in [-0.05, 0) is 64.2 Å². The molecule has 9 nitrogen and oxygen atoms in total. The van der Waals surface area contributed by atoms with Crippen molar-refractivity contribution in [3.63, 3.8) is 0 Å². The van der Waals surface area contributed by atoms with Crippen LogP contribution >= 0.6 is 7.82 Å². The van der Waals surface area contributed by atoms with Crippen LogP contribution in [-0.2, 0) is 32.7 Å². The molecule has 0 saturated carbocycles. The molecule has 0 bridgehead atoms. The number of unbranched alkanes of at least 4 members (excludes halogenated alkanes) is 45. The first kappa shape index (κ1) is 83.5. The molecule has 0 amide bonds. The topological polar surface area (TPSA) is 134 Å². The molecule has 2 atom stereocenters. The Balaban J connectivity index is 3.82. The summed E-state index contributed by atoms with van der Waals surface area (Å²) in [6.07, 6.45) is 94.4. The highest BCUT2D eigenvalue weighted by Gasteiger charge is 2.26. The Kier molecular flexibility index (Phi) is 69.4. The third-order valence-corrected chi connectivity index (χ3v) is 17.3. The third kappa shape index (κ3) is 70.5. The number of ether oxygens (including phenoxy) is 2. The molecule has 0 fully saturated rings. The summed E-state index contributed by atoms with van der Waals surface area (Å²) in [6.45, 7) is 3.70. The molecule has 0 radical (unpaired) electrons. The molecular formula is C76H140NO8P. The molecule has 0 aliphatic heterocycles. The van der Waals surface area contributed by atoms with Gasteiger partial charge in [0.1, 0.15) is 6.61 Å². The van der Waals surface area contributed by atoms with Crippen LogP contribution in [0.2, 0.25) is 0 Å². The van der Waals surface area contributed by atoms with Gasteiger partial charge in [0.25, 0.3) is 0 Å². The van der Waals surface area contributed by atoms with Crippen molar-refractivity contribution in [2.45, 2.75) is 373 Å². The van der Waals surface area contributed by atoms with E-state index in [0.29, 0.717) is 6.42 Å². The molecule has 0 saturated heterocycles. The van der Waals surface area contributed by atoms with Crippen LogP contribution in [0.15, 0.2) is 72.9 Å². The van der Waals surface area contributed by atoms with Gasteiger partial charge in [0.15, 0.2) is 6.10 Å². The molecule has 2 unspecified atom stereocenters. The lowest BCUT2D eigenvalue weighted by atomic mass is 10.0.